The summed E-state index contributed by atoms with van der Waals surface area (Å²) in [6.07, 6.45) is 2.05. The summed E-state index contributed by atoms with van der Waals surface area (Å²) in [6, 6.07) is 11.9. The zero-order chi connectivity index (χ0) is 25.1. The van der Waals surface area contributed by atoms with Gasteiger partial charge in [-0.2, -0.15) is 0 Å². The van der Waals surface area contributed by atoms with Gasteiger partial charge in [0.25, 0.3) is 0 Å². The Morgan fingerprint density at radius 2 is 1.71 bits per heavy atom. The van der Waals surface area contributed by atoms with Crippen molar-refractivity contribution in [3.8, 4) is 11.5 Å². The number of nitrogens with zero attached hydrogens (tertiary/aromatic N) is 1. The number of carbonyl (C=O) groups is 2. The van der Waals surface area contributed by atoms with Gasteiger partial charge in [0.1, 0.15) is 17.5 Å². The van der Waals surface area contributed by atoms with Crippen LogP contribution in [0.2, 0.25) is 10.0 Å². The second-order valence-electron chi connectivity index (χ2n) is 8.13. The van der Waals surface area contributed by atoms with E-state index >= 15 is 0 Å². The van der Waals surface area contributed by atoms with Crippen LogP contribution < -0.4 is 14.8 Å². The van der Waals surface area contributed by atoms with Crippen LogP contribution in [0.25, 0.3) is 0 Å². The van der Waals surface area contributed by atoms with Crippen molar-refractivity contribution in [3.05, 3.63) is 58.1 Å². The van der Waals surface area contributed by atoms with E-state index in [0.29, 0.717) is 35.2 Å². The minimum absolute atomic E-state index is 0.0236. The Balaban J connectivity index is 2.09. The maximum atomic E-state index is 13.3. The van der Waals surface area contributed by atoms with Crippen molar-refractivity contribution in [2.45, 2.75) is 65.1 Å². The van der Waals surface area contributed by atoms with E-state index in [1.807, 2.05) is 45.0 Å². The van der Waals surface area contributed by atoms with E-state index in [9.17, 15) is 9.59 Å². The zero-order valence-corrected chi connectivity index (χ0v) is 21.8. The first-order valence-corrected chi connectivity index (χ1v) is 12.3. The number of nitrogens with one attached hydrogen (secondary N) is 1. The molecule has 0 saturated heterocycles. The average molecular weight is 509 g/mol. The van der Waals surface area contributed by atoms with Crippen LogP contribution in [-0.2, 0) is 16.1 Å². The summed E-state index contributed by atoms with van der Waals surface area (Å²) >= 11 is 12.4. The van der Waals surface area contributed by atoms with Crippen molar-refractivity contribution >= 4 is 35.0 Å². The SMILES string of the molecule is CC[C@H](C)NC(=O)[C@H](CC)N(Cc1ccc(Cl)cc1Cl)C(=O)CCCOc1ccc(OC)cc1. The Labute approximate surface area is 212 Å². The third-order valence-corrected chi connectivity index (χ3v) is 6.19. The molecule has 0 fully saturated rings. The van der Waals surface area contributed by atoms with Gasteiger partial charge in [0, 0.05) is 29.1 Å². The molecule has 0 bridgehead atoms. The van der Waals surface area contributed by atoms with Gasteiger partial charge in [-0.3, -0.25) is 9.59 Å². The summed E-state index contributed by atoms with van der Waals surface area (Å²) in [4.78, 5) is 27.9. The number of amides is 2. The first-order valence-electron chi connectivity index (χ1n) is 11.6. The van der Waals surface area contributed by atoms with Crippen molar-refractivity contribution in [3.63, 3.8) is 0 Å². The van der Waals surface area contributed by atoms with Crippen LogP contribution >= 0.6 is 23.2 Å². The van der Waals surface area contributed by atoms with E-state index in [0.717, 1.165) is 17.7 Å². The van der Waals surface area contributed by atoms with Crippen LogP contribution in [0, 0.1) is 0 Å². The minimum atomic E-state index is -0.601. The molecule has 0 saturated carbocycles. The first-order chi connectivity index (χ1) is 16.3. The molecular weight excluding hydrogens is 475 g/mol. The van der Waals surface area contributed by atoms with Crippen LogP contribution in [-0.4, -0.2) is 42.5 Å². The third kappa shape index (κ3) is 8.41. The topological polar surface area (TPSA) is 67.9 Å². The van der Waals surface area contributed by atoms with Gasteiger partial charge in [-0.05, 0) is 68.1 Å². The molecule has 0 aromatic heterocycles. The second kappa shape index (κ2) is 14.1. The van der Waals surface area contributed by atoms with Crippen molar-refractivity contribution in [1.29, 1.82) is 0 Å². The Morgan fingerprint density at radius 1 is 1.03 bits per heavy atom. The van der Waals surface area contributed by atoms with Crippen molar-refractivity contribution in [2.24, 2.45) is 0 Å². The summed E-state index contributed by atoms with van der Waals surface area (Å²) < 4.78 is 10.9. The molecule has 2 amide bonds. The van der Waals surface area contributed by atoms with Gasteiger partial charge in [-0.1, -0.05) is 43.1 Å². The molecule has 8 heteroatoms. The highest BCUT2D eigenvalue weighted by atomic mass is 35.5. The maximum Gasteiger partial charge on any atom is 0.243 e. The lowest BCUT2D eigenvalue weighted by atomic mass is 10.1. The fraction of sp³-hybridized carbons (Fsp3) is 0.462. The van der Waals surface area contributed by atoms with Gasteiger partial charge in [-0.25, -0.2) is 0 Å². The highest BCUT2D eigenvalue weighted by Gasteiger charge is 2.29. The summed E-state index contributed by atoms with van der Waals surface area (Å²) in [6.45, 7) is 6.45. The molecule has 6 nitrogen and oxygen atoms in total. The molecule has 186 valence electrons. The molecule has 0 heterocycles. The molecule has 0 radical (unpaired) electrons. The molecule has 0 unspecified atom stereocenters. The number of rotatable bonds is 13. The number of ether oxygens (including phenoxy) is 2. The van der Waals surface area contributed by atoms with Crippen LogP contribution in [0.4, 0.5) is 0 Å². The average Bonchev–Trinajstić information content (AvgIpc) is 2.83. The highest BCUT2D eigenvalue weighted by molar-refractivity contribution is 6.35. The number of hydrogen-bond donors (Lipinski definition) is 1. The van der Waals surface area contributed by atoms with E-state index in [2.05, 4.69) is 5.32 Å². The largest absolute Gasteiger partial charge is 0.497 e. The third-order valence-electron chi connectivity index (χ3n) is 5.61. The van der Waals surface area contributed by atoms with Crippen LogP contribution in [0.15, 0.2) is 42.5 Å². The summed E-state index contributed by atoms with van der Waals surface area (Å²) in [5.41, 5.74) is 0.740. The molecule has 0 aliphatic rings. The van der Waals surface area contributed by atoms with Crippen LogP contribution in [0.1, 0.15) is 52.0 Å². The standard InChI is InChI=1S/C26H34Cl2N2O4/c1-5-18(3)29-26(32)24(6-2)30(17-19-9-10-20(27)16-23(19)28)25(31)8-7-15-34-22-13-11-21(33-4)12-14-22/h9-14,16,18,24H,5-8,15,17H2,1-4H3,(H,29,32)/t18-,24-/m0/s1. The van der Waals surface area contributed by atoms with Gasteiger partial charge in [0.2, 0.25) is 11.8 Å². The number of methoxy groups -OCH3 is 1. The lowest BCUT2D eigenvalue weighted by Crippen LogP contribution is -2.50. The lowest BCUT2D eigenvalue weighted by Gasteiger charge is -2.32. The van der Waals surface area contributed by atoms with Gasteiger partial charge in [-0.15, -0.1) is 0 Å². The fourth-order valence-electron chi connectivity index (χ4n) is 3.42. The van der Waals surface area contributed by atoms with Gasteiger partial charge < -0.3 is 19.7 Å². The van der Waals surface area contributed by atoms with E-state index in [4.69, 9.17) is 32.7 Å². The van der Waals surface area contributed by atoms with Crippen molar-refractivity contribution in [2.75, 3.05) is 13.7 Å². The normalized spacial score (nSPS) is 12.5. The molecule has 1 N–H and O–H groups in total. The predicted molar refractivity (Wildman–Crippen MR) is 137 cm³/mol. The monoisotopic (exact) mass is 508 g/mol. The summed E-state index contributed by atoms with van der Waals surface area (Å²) in [7, 11) is 1.61. The molecule has 0 spiro atoms. The molecule has 2 atom stereocenters. The van der Waals surface area contributed by atoms with Gasteiger partial charge >= 0.3 is 0 Å². The van der Waals surface area contributed by atoms with Crippen molar-refractivity contribution in [1.82, 2.24) is 10.2 Å². The zero-order valence-electron chi connectivity index (χ0n) is 20.3. The number of benzene rings is 2. The number of hydrogen-bond acceptors (Lipinski definition) is 4. The first kappa shape index (κ1) is 27.8. The molecule has 2 aromatic carbocycles. The smallest absolute Gasteiger partial charge is 0.243 e. The second-order valence-corrected chi connectivity index (χ2v) is 8.97. The Bertz CT molecular complexity index is 937. The molecule has 34 heavy (non-hydrogen) atoms. The Hall–Kier alpha value is -2.44. The van der Waals surface area contributed by atoms with Crippen LogP contribution in [0.3, 0.4) is 0 Å². The van der Waals surface area contributed by atoms with Crippen molar-refractivity contribution < 1.29 is 19.1 Å². The van der Waals surface area contributed by atoms with E-state index in [1.165, 1.54) is 0 Å². The molecule has 0 aliphatic heterocycles. The van der Waals surface area contributed by atoms with Crippen LogP contribution in [0.5, 0.6) is 11.5 Å². The summed E-state index contributed by atoms with van der Waals surface area (Å²) in [5, 5.41) is 3.98. The maximum absolute atomic E-state index is 13.3. The lowest BCUT2D eigenvalue weighted by molar-refractivity contribution is -0.141. The van der Waals surface area contributed by atoms with Gasteiger partial charge in [0.15, 0.2) is 0 Å². The van der Waals surface area contributed by atoms with Gasteiger partial charge in [0.05, 0.1) is 13.7 Å². The minimum Gasteiger partial charge on any atom is -0.497 e. The van der Waals surface area contributed by atoms with E-state index in [1.54, 1.807) is 30.2 Å². The molecule has 2 aromatic rings. The van der Waals surface area contributed by atoms with E-state index in [-0.39, 0.29) is 30.8 Å². The quantitative estimate of drug-likeness (QED) is 0.343. The molecule has 2 rings (SSSR count). The molecule has 0 aliphatic carbocycles. The molecular formula is C26H34Cl2N2O4. The summed E-state index contributed by atoms with van der Waals surface area (Å²) in [5.74, 6) is 1.16. The van der Waals surface area contributed by atoms with E-state index < -0.39 is 6.04 Å². The Kier molecular flexibility index (Phi) is 11.5. The number of carbonyl (C=O) groups excluding carboxylic acids is 2. The highest BCUT2D eigenvalue weighted by Crippen LogP contribution is 2.24. The fourth-order valence-corrected chi connectivity index (χ4v) is 3.89. The Morgan fingerprint density at radius 3 is 2.29 bits per heavy atom. The predicted octanol–water partition coefficient (Wildman–Crippen LogP) is 5.88. The number of halogens is 2.